The number of hydrogen-bond acceptors (Lipinski definition) is 6. The zero-order valence-corrected chi connectivity index (χ0v) is 23.9. The van der Waals surface area contributed by atoms with Gasteiger partial charge in [-0.25, -0.2) is 0 Å². The van der Waals surface area contributed by atoms with E-state index in [1.54, 1.807) is 0 Å². The second-order valence-electron chi connectivity index (χ2n) is 8.57. The van der Waals surface area contributed by atoms with Crippen LogP contribution in [0.15, 0.2) is 72.8 Å². The van der Waals surface area contributed by atoms with Crippen molar-refractivity contribution in [3.63, 3.8) is 0 Å². The number of nitrogens with zero attached hydrogens (tertiary/aromatic N) is 1. The maximum atomic E-state index is 13.2. The quantitative estimate of drug-likeness (QED) is 0.215. The van der Waals surface area contributed by atoms with E-state index in [9.17, 15) is 14.4 Å². The maximum Gasteiger partial charge on any atom is 0.247 e. The Hall–Kier alpha value is -2.92. The highest BCUT2D eigenvalue weighted by atomic mass is 35.5. The van der Waals surface area contributed by atoms with Crippen LogP contribution in [-0.4, -0.2) is 60.9 Å². The molecule has 0 aromatic heterocycles. The summed E-state index contributed by atoms with van der Waals surface area (Å²) in [6.07, 6.45) is 0.0509. The minimum atomic E-state index is -1.12. The van der Waals surface area contributed by atoms with Gasteiger partial charge in [0.25, 0.3) is 0 Å². The summed E-state index contributed by atoms with van der Waals surface area (Å²) < 4.78 is 0. The van der Waals surface area contributed by atoms with Gasteiger partial charge in [-0.1, -0.05) is 60.7 Å². The number of carbonyl (C=O) groups is 3. The first kappa shape index (κ1) is 36.1. The van der Waals surface area contributed by atoms with E-state index in [0.29, 0.717) is 18.8 Å². The molecule has 9 nitrogen and oxygen atoms in total. The zero-order valence-electron chi connectivity index (χ0n) is 21.5. The Labute approximate surface area is 247 Å². The molecule has 0 aliphatic heterocycles. The van der Waals surface area contributed by atoms with Crippen molar-refractivity contribution in [1.82, 2.24) is 10.2 Å². The molecule has 0 aliphatic rings. The molecule has 0 heterocycles. The lowest BCUT2D eigenvalue weighted by molar-refractivity contribution is -0.134. The highest BCUT2D eigenvalue weighted by Gasteiger charge is 2.27. The minimum Gasteiger partial charge on any atom is -0.343 e. The van der Waals surface area contributed by atoms with Gasteiger partial charge in [-0.05, 0) is 28.5 Å². The lowest BCUT2D eigenvalue weighted by Gasteiger charge is -2.24. The van der Waals surface area contributed by atoms with Crippen molar-refractivity contribution in [2.45, 2.75) is 24.9 Å². The second-order valence-corrected chi connectivity index (χ2v) is 8.57. The lowest BCUT2D eigenvalue weighted by atomic mass is 10.0. The monoisotopic (exact) mass is 598 g/mol. The van der Waals surface area contributed by atoms with Gasteiger partial charge in [0.15, 0.2) is 0 Å². The van der Waals surface area contributed by atoms with Crippen LogP contribution in [0.25, 0.3) is 10.8 Å². The molecule has 0 radical (unpaired) electrons. The summed E-state index contributed by atoms with van der Waals surface area (Å²) in [5, 5.41) is 7.67. The van der Waals surface area contributed by atoms with Crippen LogP contribution < -0.4 is 27.8 Å². The van der Waals surface area contributed by atoms with Crippen molar-refractivity contribution < 1.29 is 14.4 Å². The molecule has 2 atom stereocenters. The standard InChI is InChI=1S/C27H34N6O3.3ClH/c28-12-14-33(15-13-29)25(34)18-23(30)26(35)32-24(16-19-6-2-1-3-7-19)27(36)31-22-11-10-20-8-4-5-9-21(20)17-22;;;/h1-11,17,23-24H,12-16,18,28-30H2,(H,31,36)(H,32,35);3*1H/t23-,24-;;;/m0.../s1. The number of halogens is 3. The van der Waals surface area contributed by atoms with E-state index in [2.05, 4.69) is 10.6 Å². The molecule has 0 saturated carbocycles. The summed E-state index contributed by atoms with van der Waals surface area (Å²) in [6, 6.07) is 20.8. The summed E-state index contributed by atoms with van der Waals surface area (Å²) in [5.41, 5.74) is 18.7. The van der Waals surface area contributed by atoms with Gasteiger partial charge in [0.1, 0.15) is 6.04 Å². The van der Waals surface area contributed by atoms with Gasteiger partial charge in [0.05, 0.1) is 12.5 Å². The van der Waals surface area contributed by atoms with E-state index in [4.69, 9.17) is 17.2 Å². The van der Waals surface area contributed by atoms with Gasteiger partial charge in [-0.15, -0.1) is 37.2 Å². The first-order valence-electron chi connectivity index (χ1n) is 12.0. The van der Waals surface area contributed by atoms with E-state index in [-0.39, 0.29) is 75.0 Å². The molecule has 0 spiro atoms. The minimum absolute atomic E-state index is 0. The molecule has 3 aromatic carbocycles. The van der Waals surface area contributed by atoms with Crippen LogP contribution in [0.4, 0.5) is 5.69 Å². The third kappa shape index (κ3) is 11.0. The summed E-state index contributed by atoms with van der Waals surface area (Å²) in [7, 11) is 0. The largest absolute Gasteiger partial charge is 0.343 e. The number of carbonyl (C=O) groups excluding carboxylic acids is 3. The van der Waals surface area contributed by atoms with Gasteiger partial charge < -0.3 is 32.7 Å². The lowest BCUT2D eigenvalue weighted by Crippen LogP contribution is -2.52. The third-order valence-corrected chi connectivity index (χ3v) is 5.81. The number of nitrogens with one attached hydrogen (secondary N) is 2. The first-order valence-corrected chi connectivity index (χ1v) is 12.0. The van der Waals surface area contributed by atoms with Crippen molar-refractivity contribution in [3.8, 4) is 0 Å². The van der Waals surface area contributed by atoms with Crippen LogP contribution >= 0.6 is 37.2 Å². The zero-order chi connectivity index (χ0) is 25.9. The SMILES string of the molecule is Cl.Cl.Cl.NCCN(CCN)C(=O)C[C@H](N)C(=O)N[C@@H](Cc1ccccc1)C(=O)Nc1ccc2ccccc2c1. The smallest absolute Gasteiger partial charge is 0.247 e. The van der Waals surface area contributed by atoms with Crippen LogP contribution in [-0.2, 0) is 20.8 Å². The third-order valence-electron chi connectivity index (χ3n) is 5.81. The summed E-state index contributed by atoms with van der Waals surface area (Å²) >= 11 is 0. The number of amides is 3. The Balaban J connectivity index is 0.00000481. The number of nitrogens with two attached hydrogens (primary N) is 3. The van der Waals surface area contributed by atoms with Crippen molar-refractivity contribution in [2.24, 2.45) is 17.2 Å². The van der Waals surface area contributed by atoms with Gasteiger partial charge >= 0.3 is 0 Å². The highest BCUT2D eigenvalue weighted by molar-refractivity contribution is 6.00. The first-order chi connectivity index (χ1) is 17.4. The van der Waals surface area contributed by atoms with E-state index in [1.807, 2.05) is 72.8 Å². The highest BCUT2D eigenvalue weighted by Crippen LogP contribution is 2.19. The molecule has 3 amide bonds. The molecule has 0 fully saturated rings. The van der Waals surface area contributed by atoms with E-state index in [0.717, 1.165) is 16.3 Å². The normalized spacial score (nSPS) is 11.6. The molecule has 8 N–H and O–H groups in total. The number of benzene rings is 3. The Bertz CT molecular complexity index is 1180. The molecule has 0 bridgehead atoms. The molecule has 12 heteroatoms. The second kappa shape index (κ2) is 18.4. The number of rotatable bonds is 12. The fourth-order valence-corrected chi connectivity index (χ4v) is 3.92. The van der Waals surface area contributed by atoms with E-state index < -0.39 is 18.0 Å². The molecule has 0 saturated heterocycles. The average molecular weight is 600 g/mol. The van der Waals surface area contributed by atoms with Crippen LogP contribution in [0.3, 0.4) is 0 Å². The predicted molar refractivity (Wildman–Crippen MR) is 164 cm³/mol. The Morgan fingerprint density at radius 3 is 1.97 bits per heavy atom. The van der Waals surface area contributed by atoms with Gasteiger partial charge in [-0.3, -0.25) is 14.4 Å². The Kier molecular flexibility index (Phi) is 17.0. The molecule has 3 rings (SSSR count). The average Bonchev–Trinajstić information content (AvgIpc) is 2.88. The summed E-state index contributed by atoms with van der Waals surface area (Å²) in [5.74, 6) is -1.28. The van der Waals surface area contributed by atoms with Crippen LogP contribution in [0, 0.1) is 0 Å². The molecule has 39 heavy (non-hydrogen) atoms. The van der Waals surface area contributed by atoms with Crippen molar-refractivity contribution >= 4 is 71.4 Å². The topological polar surface area (TPSA) is 157 Å². The van der Waals surface area contributed by atoms with E-state index in [1.165, 1.54) is 4.90 Å². The summed E-state index contributed by atoms with van der Waals surface area (Å²) in [4.78, 5) is 40.2. The van der Waals surface area contributed by atoms with Crippen molar-refractivity contribution in [2.75, 3.05) is 31.5 Å². The molecule has 0 aliphatic carbocycles. The molecular weight excluding hydrogens is 563 g/mol. The van der Waals surface area contributed by atoms with Crippen LogP contribution in [0.1, 0.15) is 12.0 Å². The van der Waals surface area contributed by atoms with Crippen LogP contribution in [0.5, 0.6) is 0 Å². The molecule has 0 unspecified atom stereocenters. The van der Waals surface area contributed by atoms with Gasteiger partial charge in [-0.2, -0.15) is 0 Å². The Morgan fingerprint density at radius 1 is 0.769 bits per heavy atom. The van der Waals surface area contributed by atoms with Gasteiger partial charge in [0.2, 0.25) is 17.7 Å². The number of fused-ring (bicyclic) bond motifs is 1. The van der Waals surface area contributed by atoms with E-state index >= 15 is 0 Å². The fraction of sp³-hybridized carbons (Fsp3) is 0.296. The molecule has 3 aromatic rings. The maximum absolute atomic E-state index is 13.2. The van der Waals surface area contributed by atoms with Crippen molar-refractivity contribution in [3.05, 3.63) is 78.4 Å². The summed E-state index contributed by atoms with van der Waals surface area (Å²) in [6.45, 7) is 1.22. The van der Waals surface area contributed by atoms with Crippen molar-refractivity contribution in [1.29, 1.82) is 0 Å². The fourth-order valence-electron chi connectivity index (χ4n) is 3.92. The van der Waals surface area contributed by atoms with Crippen LogP contribution in [0.2, 0.25) is 0 Å². The van der Waals surface area contributed by atoms with Gasteiger partial charge in [0, 0.05) is 38.3 Å². The molecule has 214 valence electrons. The Morgan fingerprint density at radius 2 is 1.36 bits per heavy atom. The number of anilines is 1. The predicted octanol–water partition coefficient (Wildman–Crippen LogP) is 2.23. The number of hydrogen-bond donors (Lipinski definition) is 5. The molecular formula is C27H37Cl3N6O3.